The summed E-state index contributed by atoms with van der Waals surface area (Å²) in [6, 6.07) is 18.8. The molecule has 1 heterocycles. The van der Waals surface area contributed by atoms with Gasteiger partial charge in [0.2, 0.25) is 5.91 Å². The molecule has 0 saturated carbocycles. The molecule has 1 fully saturated rings. The molecule has 1 aliphatic heterocycles. The van der Waals surface area contributed by atoms with E-state index in [1.165, 1.54) is 10.5 Å². The minimum atomic E-state index is 0. The number of thioether (sulfide) groups is 1. The summed E-state index contributed by atoms with van der Waals surface area (Å²) in [5.74, 6) is 2.08. The van der Waals surface area contributed by atoms with E-state index >= 15 is 0 Å². The van der Waals surface area contributed by atoms with Crippen molar-refractivity contribution in [2.75, 3.05) is 25.4 Å². The zero-order chi connectivity index (χ0) is 20.3. The number of hydrogen-bond acceptors (Lipinski definition) is 3. The highest BCUT2D eigenvalue weighted by Gasteiger charge is 2.19. The van der Waals surface area contributed by atoms with Crippen LogP contribution in [0.4, 0.5) is 0 Å². The van der Waals surface area contributed by atoms with Crippen molar-refractivity contribution in [3.05, 3.63) is 65.7 Å². The summed E-state index contributed by atoms with van der Waals surface area (Å²) >= 11 is 1.83. The van der Waals surface area contributed by atoms with Gasteiger partial charge in [-0.3, -0.25) is 4.79 Å². The summed E-state index contributed by atoms with van der Waals surface area (Å²) in [4.78, 5) is 19.8. The first-order valence-electron chi connectivity index (χ1n) is 10.3. The Morgan fingerprint density at radius 2 is 1.90 bits per heavy atom. The number of likely N-dealkylation sites (tertiary alicyclic amines) is 1. The van der Waals surface area contributed by atoms with Crippen molar-refractivity contribution in [1.29, 1.82) is 0 Å². The van der Waals surface area contributed by atoms with Gasteiger partial charge in [0.05, 0.1) is 6.54 Å². The van der Waals surface area contributed by atoms with E-state index in [0.717, 1.165) is 43.3 Å². The number of carbonyl (C=O) groups is 1. The second-order valence-corrected chi connectivity index (χ2v) is 8.19. The van der Waals surface area contributed by atoms with E-state index in [1.807, 2.05) is 22.7 Å². The molecule has 1 aliphatic rings. The van der Waals surface area contributed by atoms with Crippen LogP contribution in [0.3, 0.4) is 0 Å². The number of nitrogens with zero attached hydrogens (tertiary/aromatic N) is 2. The summed E-state index contributed by atoms with van der Waals surface area (Å²) in [6.07, 6.45) is 1.66. The van der Waals surface area contributed by atoms with Crippen LogP contribution in [0.1, 0.15) is 30.9 Å². The quantitative estimate of drug-likeness (QED) is 0.165. The van der Waals surface area contributed by atoms with Gasteiger partial charge in [0.25, 0.3) is 0 Å². The predicted octanol–water partition coefficient (Wildman–Crippen LogP) is 4.27. The van der Waals surface area contributed by atoms with Crippen molar-refractivity contribution in [2.45, 2.75) is 37.8 Å². The number of rotatable bonds is 9. The fourth-order valence-corrected chi connectivity index (χ4v) is 4.07. The van der Waals surface area contributed by atoms with E-state index in [1.54, 1.807) is 0 Å². The zero-order valence-electron chi connectivity index (χ0n) is 17.5. The van der Waals surface area contributed by atoms with Crippen molar-refractivity contribution >= 4 is 47.6 Å². The Labute approximate surface area is 201 Å². The Bertz CT molecular complexity index is 816. The maximum Gasteiger partial charge on any atom is 0.222 e. The van der Waals surface area contributed by atoms with Crippen molar-refractivity contribution in [2.24, 2.45) is 4.99 Å². The van der Waals surface area contributed by atoms with Crippen LogP contribution in [-0.2, 0) is 17.9 Å². The number of hydrogen-bond donors (Lipinski definition) is 2. The minimum Gasteiger partial charge on any atom is -0.357 e. The second kappa shape index (κ2) is 13.5. The number of halogens is 1. The van der Waals surface area contributed by atoms with E-state index < -0.39 is 0 Å². The van der Waals surface area contributed by atoms with Gasteiger partial charge in [-0.1, -0.05) is 42.5 Å². The van der Waals surface area contributed by atoms with E-state index in [0.29, 0.717) is 19.5 Å². The lowest BCUT2D eigenvalue weighted by Gasteiger charge is -2.16. The molecule has 2 aromatic rings. The highest BCUT2D eigenvalue weighted by atomic mass is 127. The van der Waals surface area contributed by atoms with Gasteiger partial charge >= 0.3 is 0 Å². The molecule has 3 rings (SSSR count). The number of carbonyl (C=O) groups excluding carboxylic acids is 1. The molecule has 0 spiro atoms. The van der Waals surface area contributed by atoms with Gasteiger partial charge in [-0.25, -0.2) is 4.99 Å². The van der Waals surface area contributed by atoms with E-state index in [4.69, 9.17) is 4.99 Å². The van der Waals surface area contributed by atoms with Gasteiger partial charge in [-0.05, 0) is 36.6 Å². The maximum atomic E-state index is 11.9. The number of guanidine groups is 1. The molecule has 1 amide bonds. The van der Waals surface area contributed by atoms with Gasteiger partial charge in [-0.2, -0.15) is 0 Å². The fraction of sp³-hybridized carbons (Fsp3) is 0.391. The summed E-state index contributed by atoms with van der Waals surface area (Å²) in [6.45, 7) is 5.94. The molecule has 162 valence electrons. The van der Waals surface area contributed by atoms with Crippen molar-refractivity contribution in [1.82, 2.24) is 15.5 Å². The first-order chi connectivity index (χ1) is 14.2. The lowest BCUT2D eigenvalue weighted by Crippen LogP contribution is -2.38. The van der Waals surface area contributed by atoms with Gasteiger partial charge in [-0.15, -0.1) is 35.7 Å². The Kier molecular flexibility index (Phi) is 11.1. The predicted molar refractivity (Wildman–Crippen MR) is 136 cm³/mol. The molecular weight excluding hydrogens is 507 g/mol. The van der Waals surface area contributed by atoms with Crippen LogP contribution in [-0.4, -0.2) is 42.2 Å². The Morgan fingerprint density at radius 1 is 1.10 bits per heavy atom. The third-order valence-corrected chi connectivity index (χ3v) is 5.72. The van der Waals surface area contributed by atoms with Crippen LogP contribution in [0.15, 0.2) is 64.5 Å². The largest absolute Gasteiger partial charge is 0.357 e. The monoisotopic (exact) mass is 538 g/mol. The highest BCUT2D eigenvalue weighted by molar-refractivity contribution is 14.0. The lowest BCUT2D eigenvalue weighted by molar-refractivity contribution is -0.128. The molecule has 0 bridgehead atoms. The summed E-state index contributed by atoms with van der Waals surface area (Å²) in [5, 5.41) is 6.71. The third-order valence-electron chi connectivity index (χ3n) is 4.71. The van der Waals surface area contributed by atoms with Gasteiger partial charge in [0.1, 0.15) is 0 Å². The van der Waals surface area contributed by atoms with Crippen molar-refractivity contribution in [3.8, 4) is 0 Å². The SMILES string of the molecule is CCNC(=NCc1cccc(CN2CCCC2=O)c1)NCCSc1ccccc1.I. The normalized spacial score (nSPS) is 13.8. The van der Waals surface area contributed by atoms with Gasteiger partial charge in [0, 0.05) is 43.2 Å². The first-order valence-corrected chi connectivity index (χ1v) is 11.3. The Hall–Kier alpha value is -1.74. The average Bonchev–Trinajstić information content (AvgIpc) is 3.15. The number of aliphatic imine (C=N–C) groups is 1. The van der Waals surface area contributed by atoms with Crippen LogP contribution in [0.5, 0.6) is 0 Å². The molecule has 5 nitrogen and oxygen atoms in total. The van der Waals surface area contributed by atoms with Crippen LogP contribution in [0, 0.1) is 0 Å². The number of nitrogens with one attached hydrogen (secondary N) is 2. The molecule has 0 atom stereocenters. The van der Waals surface area contributed by atoms with Crippen LogP contribution in [0.25, 0.3) is 0 Å². The molecule has 30 heavy (non-hydrogen) atoms. The molecule has 2 N–H and O–H groups in total. The molecule has 0 aliphatic carbocycles. The fourth-order valence-electron chi connectivity index (χ4n) is 3.29. The van der Waals surface area contributed by atoms with Gasteiger partial charge in [0.15, 0.2) is 5.96 Å². The molecular formula is C23H31IN4OS. The molecule has 0 aromatic heterocycles. The summed E-state index contributed by atoms with van der Waals surface area (Å²) in [5.41, 5.74) is 2.33. The van der Waals surface area contributed by atoms with Crippen LogP contribution in [0.2, 0.25) is 0 Å². The standard InChI is InChI=1S/C23H30N4OS.HI/c1-2-24-23(25-13-15-29-21-10-4-3-5-11-21)26-17-19-8-6-9-20(16-19)18-27-14-7-12-22(27)28;/h3-6,8-11,16H,2,7,12-15,17-18H2,1H3,(H2,24,25,26);1H. The minimum absolute atomic E-state index is 0. The molecule has 0 unspecified atom stereocenters. The summed E-state index contributed by atoms with van der Waals surface area (Å²) < 4.78 is 0. The smallest absolute Gasteiger partial charge is 0.222 e. The molecule has 0 radical (unpaired) electrons. The maximum absolute atomic E-state index is 11.9. The number of amides is 1. The van der Waals surface area contributed by atoms with Gasteiger partial charge < -0.3 is 15.5 Å². The van der Waals surface area contributed by atoms with E-state index in [2.05, 4.69) is 66.1 Å². The Morgan fingerprint density at radius 3 is 2.63 bits per heavy atom. The topological polar surface area (TPSA) is 56.7 Å². The molecule has 1 saturated heterocycles. The van der Waals surface area contributed by atoms with Crippen molar-refractivity contribution < 1.29 is 4.79 Å². The lowest BCUT2D eigenvalue weighted by atomic mass is 10.1. The molecule has 7 heteroatoms. The first kappa shape index (κ1) is 24.5. The van der Waals surface area contributed by atoms with Crippen LogP contribution >= 0.6 is 35.7 Å². The highest BCUT2D eigenvalue weighted by Crippen LogP contribution is 2.16. The molecule has 2 aromatic carbocycles. The zero-order valence-corrected chi connectivity index (χ0v) is 20.6. The van der Waals surface area contributed by atoms with E-state index in [9.17, 15) is 4.79 Å². The summed E-state index contributed by atoms with van der Waals surface area (Å²) in [7, 11) is 0. The van der Waals surface area contributed by atoms with E-state index in [-0.39, 0.29) is 29.9 Å². The second-order valence-electron chi connectivity index (χ2n) is 7.02. The third kappa shape index (κ3) is 8.18. The Balaban J connectivity index is 0.00000320. The number of benzene rings is 2. The average molecular weight is 538 g/mol. The van der Waals surface area contributed by atoms with Crippen molar-refractivity contribution in [3.63, 3.8) is 0 Å². The van der Waals surface area contributed by atoms with Crippen LogP contribution < -0.4 is 10.6 Å².